The van der Waals surface area contributed by atoms with Crippen LogP contribution in [0.25, 0.3) is 0 Å². The Morgan fingerprint density at radius 2 is 1.73 bits per heavy atom. The largest absolute Gasteiger partial charge is 0.469 e. The molecule has 0 aromatic rings. The quantitative estimate of drug-likeness (QED) is 0.726. The molecule has 0 aromatic heterocycles. The molecule has 1 fully saturated rings. The molecule has 0 bridgehead atoms. The first-order valence-corrected chi connectivity index (χ1v) is 8.06. The second-order valence-corrected chi connectivity index (χ2v) is 6.22. The van der Waals surface area contributed by atoms with Crippen molar-refractivity contribution in [2.24, 2.45) is 11.8 Å². The lowest BCUT2D eigenvalue weighted by Crippen LogP contribution is -2.52. The van der Waals surface area contributed by atoms with Gasteiger partial charge in [0, 0.05) is 12.5 Å². The topological polar surface area (TPSA) is 84.5 Å². The maximum Gasteiger partial charge on any atom is 0.308 e. The Hall–Kier alpha value is -1.59. The molecule has 0 aliphatic heterocycles. The number of carbonyl (C=O) groups is 3. The third-order valence-corrected chi connectivity index (χ3v) is 4.19. The van der Waals surface area contributed by atoms with Crippen LogP contribution in [0.4, 0.5) is 0 Å². The molecule has 22 heavy (non-hydrogen) atoms. The Kier molecular flexibility index (Phi) is 7.35. The molecular weight excluding hydrogens is 284 g/mol. The van der Waals surface area contributed by atoms with Gasteiger partial charge in [0.2, 0.25) is 11.8 Å². The number of rotatable bonds is 6. The third-order valence-electron chi connectivity index (χ3n) is 4.19. The first kappa shape index (κ1) is 18.5. The standard InChI is InChI=1S/C16H28N2O4/c1-5-13(19)18-14(10(2)3)15(20)17-12-8-6-11(7-9-12)16(21)22-4/h10-12,14H,5-9H2,1-4H3,(H,17,20)(H,18,19)/t11-,12+,14-/m0/s1. The van der Waals surface area contributed by atoms with Gasteiger partial charge in [0.15, 0.2) is 0 Å². The maximum absolute atomic E-state index is 12.4. The molecule has 126 valence electrons. The van der Waals surface area contributed by atoms with E-state index in [-0.39, 0.29) is 35.7 Å². The van der Waals surface area contributed by atoms with Gasteiger partial charge in [-0.2, -0.15) is 0 Å². The number of ether oxygens (including phenoxy) is 1. The fourth-order valence-electron chi connectivity index (χ4n) is 2.74. The molecule has 1 aliphatic carbocycles. The molecule has 0 spiro atoms. The molecule has 1 aliphatic rings. The van der Waals surface area contributed by atoms with Crippen LogP contribution in [0.1, 0.15) is 52.9 Å². The van der Waals surface area contributed by atoms with Crippen LogP contribution in [-0.2, 0) is 19.1 Å². The molecule has 0 aromatic carbocycles. The summed E-state index contributed by atoms with van der Waals surface area (Å²) in [5.74, 6) is -0.456. The zero-order chi connectivity index (χ0) is 16.7. The fraction of sp³-hybridized carbons (Fsp3) is 0.812. The molecule has 6 heteroatoms. The van der Waals surface area contributed by atoms with E-state index < -0.39 is 6.04 Å². The summed E-state index contributed by atoms with van der Waals surface area (Å²) in [6.07, 6.45) is 3.34. The van der Waals surface area contributed by atoms with E-state index in [1.807, 2.05) is 13.8 Å². The summed E-state index contributed by atoms with van der Waals surface area (Å²) in [6.45, 7) is 5.58. The summed E-state index contributed by atoms with van der Waals surface area (Å²) in [4.78, 5) is 35.4. The summed E-state index contributed by atoms with van der Waals surface area (Å²) < 4.78 is 4.76. The van der Waals surface area contributed by atoms with Crippen molar-refractivity contribution in [3.63, 3.8) is 0 Å². The molecule has 2 N–H and O–H groups in total. The molecule has 1 saturated carbocycles. The van der Waals surface area contributed by atoms with Crippen molar-refractivity contribution in [3.8, 4) is 0 Å². The number of esters is 1. The summed E-state index contributed by atoms with van der Waals surface area (Å²) >= 11 is 0. The van der Waals surface area contributed by atoms with Gasteiger partial charge in [-0.15, -0.1) is 0 Å². The van der Waals surface area contributed by atoms with Crippen LogP contribution in [0, 0.1) is 11.8 Å². The predicted octanol–water partition coefficient (Wildman–Crippen LogP) is 1.39. The lowest BCUT2D eigenvalue weighted by atomic mass is 9.86. The molecule has 1 rings (SSSR count). The second kappa shape index (κ2) is 8.76. The van der Waals surface area contributed by atoms with Crippen molar-refractivity contribution in [3.05, 3.63) is 0 Å². The van der Waals surface area contributed by atoms with Gasteiger partial charge in [-0.25, -0.2) is 0 Å². The number of nitrogens with one attached hydrogen (secondary N) is 2. The van der Waals surface area contributed by atoms with Crippen molar-refractivity contribution in [1.82, 2.24) is 10.6 Å². The molecule has 1 atom stereocenters. The van der Waals surface area contributed by atoms with Crippen LogP contribution in [0.5, 0.6) is 0 Å². The lowest BCUT2D eigenvalue weighted by molar-refractivity contribution is -0.146. The Morgan fingerprint density at radius 1 is 1.14 bits per heavy atom. The van der Waals surface area contributed by atoms with E-state index in [1.165, 1.54) is 7.11 Å². The number of carbonyl (C=O) groups excluding carboxylic acids is 3. The van der Waals surface area contributed by atoms with Crippen molar-refractivity contribution in [2.75, 3.05) is 7.11 Å². The number of hydrogen-bond donors (Lipinski definition) is 2. The molecule has 0 unspecified atom stereocenters. The van der Waals surface area contributed by atoms with E-state index in [9.17, 15) is 14.4 Å². The van der Waals surface area contributed by atoms with E-state index >= 15 is 0 Å². The van der Waals surface area contributed by atoms with E-state index in [1.54, 1.807) is 6.92 Å². The minimum absolute atomic E-state index is 0.0295. The zero-order valence-electron chi connectivity index (χ0n) is 14.0. The van der Waals surface area contributed by atoms with E-state index in [0.29, 0.717) is 6.42 Å². The van der Waals surface area contributed by atoms with Gasteiger partial charge in [0.1, 0.15) is 6.04 Å². The zero-order valence-corrected chi connectivity index (χ0v) is 14.0. The van der Waals surface area contributed by atoms with Gasteiger partial charge < -0.3 is 15.4 Å². The summed E-state index contributed by atoms with van der Waals surface area (Å²) in [7, 11) is 1.40. The molecule has 0 radical (unpaired) electrons. The van der Waals surface area contributed by atoms with Gasteiger partial charge in [-0.05, 0) is 31.6 Å². The molecule has 0 heterocycles. The number of methoxy groups -OCH3 is 1. The fourth-order valence-corrected chi connectivity index (χ4v) is 2.74. The lowest BCUT2D eigenvalue weighted by Gasteiger charge is -2.30. The van der Waals surface area contributed by atoms with Crippen molar-refractivity contribution in [2.45, 2.75) is 65.0 Å². The number of amides is 2. The maximum atomic E-state index is 12.4. The van der Waals surface area contributed by atoms with Crippen LogP contribution in [0.2, 0.25) is 0 Å². The average molecular weight is 312 g/mol. The van der Waals surface area contributed by atoms with Crippen molar-refractivity contribution >= 4 is 17.8 Å². The van der Waals surface area contributed by atoms with Gasteiger partial charge in [0.25, 0.3) is 0 Å². The van der Waals surface area contributed by atoms with E-state index in [0.717, 1.165) is 25.7 Å². The molecule has 6 nitrogen and oxygen atoms in total. The minimum atomic E-state index is -0.509. The van der Waals surface area contributed by atoms with E-state index in [2.05, 4.69) is 10.6 Å². The Labute approximate surface area is 132 Å². The smallest absolute Gasteiger partial charge is 0.308 e. The molecular formula is C16H28N2O4. The van der Waals surface area contributed by atoms with Gasteiger partial charge in [-0.1, -0.05) is 20.8 Å². The first-order chi connectivity index (χ1) is 10.4. The second-order valence-electron chi connectivity index (χ2n) is 6.22. The summed E-state index contributed by atoms with van der Waals surface area (Å²) in [5, 5.41) is 5.77. The highest BCUT2D eigenvalue weighted by Gasteiger charge is 2.30. The van der Waals surface area contributed by atoms with Gasteiger partial charge in [-0.3, -0.25) is 14.4 Å². The summed E-state index contributed by atoms with van der Waals surface area (Å²) in [5.41, 5.74) is 0. The SMILES string of the molecule is CCC(=O)N[C@H](C(=O)N[C@H]1CC[C@@H](C(=O)OC)CC1)C(C)C. The Balaban J connectivity index is 2.50. The van der Waals surface area contributed by atoms with Crippen LogP contribution in [0.3, 0.4) is 0 Å². The Morgan fingerprint density at radius 3 is 2.18 bits per heavy atom. The van der Waals surface area contributed by atoms with Crippen LogP contribution in [0.15, 0.2) is 0 Å². The molecule has 2 amide bonds. The van der Waals surface area contributed by atoms with E-state index in [4.69, 9.17) is 4.74 Å². The van der Waals surface area contributed by atoms with Crippen LogP contribution < -0.4 is 10.6 Å². The first-order valence-electron chi connectivity index (χ1n) is 8.06. The number of hydrogen-bond acceptors (Lipinski definition) is 4. The van der Waals surface area contributed by atoms with Crippen LogP contribution >= 0.6 is 0 Å². The normalized spacial score (nSPS) is 22.8. The highest BCUT2D eigenvalue weighted by molar-refractivity contribution is 5.87. The average Bonchev–Trinajstić information content (AvgIpc) is 2.51. The van der Waals surface area contributed by atoms with Gasteiger partial charge >= 0.3 is 5.97 Å². The highest BCUT2D eigenvalue weighted by atomic mass is 16.5. The Bertz CT molecular complexity index is 401. The monoisotopic (exact) mass is 312 g/mol. The molecule has 0 saturated heterocycles. The minimum Gasteiger partial charge on any atom is -0.469 e. The highest BCUT2D eigenvalue weighted by Crippen LogP contribution is 2.25. The third kappa shape index (κ3) is 5.31. The van der Waals surface area contributed by atoms with Crippen molar-refractivity contribution in [1.29, 1.82) is 0 Å². The van der Waals surface area contributed by atoms with Crippen LogP contribution in [-0.4, -0.2) is 37.0 Å². The summed E-state index contributed by atoms with van der Waals surface area (Å²) in [6, 6.07) is -0.445. The van der Waals surface area contributed by atoms with Crippen molar-refractivity contribution < 1.29 is 19.1 Å². The predicted molar refractivity (Wildman–Crippen MR) is 83.0 cm³/mol. The van der Waals surface area contributed by atoms with Gasteiger partial charge in [0.05, 0.1) is 13.0 Å².